The number of benzene rings is 1. The molecule has 1 aromatic carbocycles. The maximum atomic E-state index is 11.2. The monoisotopic (exact) mass is 679 g/mol. The van der Waals surface area contributed by atoms with Gasteiger partial charge in [-0.25, -0.2) is 0 Å². The molecule has 2 unspecified atom stereocenters. The SMILES string of the molecule is C=C/C=C\C(=C/C)CNC(CC1CCN(C(C)C(=O)O)CC1)=C1CCC1.CC.CCc1cc(P)cc(/C=C/C=O)c1.CN1CCCCC1. The van der Waals surface area contributed by atoms with Crippen molar-refractivity contribution >= 4 is 32.9 Å². The minimum absolute atomic E-state index is 0.368. The van der Waals surface area contributed by atoms with Crippen LogP contribution in [0, 0.1) is 5.92 Å². The van der Waals surface area contributed by atoms with Gasteiger partial charge in [0.1, 0.15) is 12.3 Å². The molecule has 6 nitrogen and oxygen atoms in total. The number of carbonyl (C=O) groups excluding carboxylic acids is 1. The van der Waals surface area contributed by atoms with Crippen molar-refractivity contribution in [3.05, 3.63) is 83.1 Å². The van der Waals surface area contributed by atoms with Gasteiger partial charge in [-0.1, -0.05) is 81.9 Å². The molecule has 2 aliphatic heterocycles. The summed E-state index contributed by atoms with van der Waals surface area (Å²) >= 11 is 0. The average Bonchev–Trinajstić information content (AvgIpc) is 3.08. The summed E-state index contributed by atoms with van der Waals surface area (Å²) in [4.78, 5) is 25.8. The van der Waals surface area contributed by atoms with E-state index in [4.69, 9.17) is 0 Å². The fourth-order valence-corrected chi connectivity index (χ4v) is 6.30. The lowest BCUT2D eigenvalue weighted by molar-refractivity contribution is -0.143. The summed E-state index contributed by atoms with van der Waals surface area (Å²) in [6, 6.07) is 5.88. The Labute approximate surface area is 295 Å². The third-order valence-corrected chi connectivity index (χ3v) is 9.48. The number of hydrogen-bond donors (Lipinski definition) is 2. The molecule has 0 radical (unpaired) electrons. The second-order valence-electron chi connectivity index (χ2n) is 12.7. The Balaban J connectivity index is 0.000000430. The van der Waals surface area contributed by atoms with Gasteiger partial charge in [0.25, 0.3) is 0 Å². The van der Waals surface area contributed by atoms with Gasteiger partial charge in [-0.05, 0) is 145 Å². The number of carbonyl (C=O) groups is 2. The van der Waals surface area contributed by atoms with Crippen molar-refractivity contribution in [3.63, 3.8) is 0 Å². The second kappa shape index (κ2) is 26.1. The summed E-state index contributed by atoms with van der Waals surface area (Å²) in [5, 5.41) is 14.0. The van der Waals surface area contributed by atoms with Crippen LogP contribution in [0.5, 0.6) is 0 Å². The number of aliphatic carboxylic acids is 1. The van der Waals surface area contributed by atoms with Crippen LogP contribution in [0.3, 0.4) is 0 Å². The molecule has 0 aromatic heterocycles. The maximum absolute atomic E-state index is 11.2. The van der Waals surface area contributed by atoms with Crippen LogP contribution in [-0.4, -0.2) is 73.0 Å². The van der Waals surface area contributed by atoms with Crippen LogP contribution < -0.4 is 10.6 Å². The van der Waals surface area contributed by atoms with Crippen LogP contribution in [0.4, 0.5) is 0 Å². The van der Waals surface area contributed by atoms with Crippen molar-refractivity contribution in [2.45, 2.75) is 105 Å². The Morgan fingerprint density at radius 3 is 2.21 bits per heavy atom. The zero-order valence-electron chi connectivity index (χ0n) is 31.0. The molecular weight excluding hydrogens is 613 g/mol. The number of allylic oxidation sites excluding steroid dienone is 6. The van der Waals surface area contributed by atoms with Crippen molar-refractivity contribution in [2.24, 2.45) is 5.92 Å². The van der Waals surface area contributed by atoms with Crippen molar-refractivity contribution in [3.8, 4) is 0 Å². The lowest BCUT2D eigenvalue weighted by Crippen LogP contribution is -2.44. The number of hydrogen-bond acceptors (Lipinski definition) is 5. The van der Waals surface area contributed by atoms with E-state index in [1.807, 2.05) is 32.1 Å². The van der Waals surface area contributed by atoms with Crippen LogP contribution >= 0.6 is 9.24 Å². The fourth-order valence-electron chi connectivity index (χ4n) is 5.89. The smallest absolute Gasteiger partial charge is 0.320 e. The molecule has 2 N–H and O–H groups in total. The summed E-state index contributed by atoms with van der Waals surface area (Å²) in [5.41, 5.74) is 6.67. The quantitative estimate of drug-likeness (QED) is 0.100. The Kier molecular flexibility index (Phi) is 23.5. The number of rotatable bonds is 12. The first-order valence-electron chi connectivity index (χ1n) is 18.3. The lowest BCUT2D eigenvalue weighted by atomic mass is 9.84. The molecule has 2 heterocycles. The Bertz CT molecular complexity index is 1200. The molecule has 7 heteroatoms. The summed E-state index contributed by atoms with van der Waals surface area (Å²) < 4.78 is 0. The molecule has 48 heavy (non-hydrogen) atoms. The summed E-state index contributed by atoms with van der Waals surface area (Å²) in [5.74, 6) is -0.0607. The standard InChI is InChI=1S/C22H34N2O2.C11H13OP.C6H13N.C2H6/c1-4-6-8-18(5-2)16-23-21(20-9-7-10-20)15-19-11-13-24(14-12-19)17(3)22(25)26;1-2-9-6-10(4-3-5-12)8-11(13)7-9;1-7-5-3-2-4-6-7;1-2/h4-6,8,17,19,23H,1,7,9-16H2,2-3H3,(H,25,26);3-8H,2,13H2,1H3;2-6H2,1H3;1-2H3/b8-6-,18-5+;4-3+;;. The van der Waals surface area contributed by atoms with Gasteiger partial charge in [0.15, 0.2) is 0 Å². The van der Waals surface area contributed by atoms with E-state index in [-0.39, 0.29) is 6.04 Å². The Hall–Kier alpha value is -2.79. The summed E-state index contributed by atoms with van der Waals surface area (Å²) in [6.45, 7) is 19.0. The van der Waals surface area contributed by atoms with Gasteiger partial charge in [0.2, 0.25) is 0 Å². The van der Waals surface area contributed by atoms with Crippen molar-refractivity contribution in [1.82, 2.24) is 15.1 Å². The molecule has 2 saturated heterocycles. The van der Waals surface area contributed by atoms with Crippen LogP contribution in [0.25, 0.3) is 6.08 Å². The molecule has 2 atom stereocenters. The predicted octanol–water partition coefficient (Wildman–Crippen LogP) is 8.37. The number of piperidine rings is 2. The van der Waals surface area contributed by atoms with Crippen molar-refractivity contribution < 1.29 is 14.7 Å². The summed E-state index contributed by atoms with van der Waals surface area (Å²) in [6.07, 6.45) is 24.5. The Morgan fingerprint density at radius 1 is 1.06 bits per heavy atom. The third kappa shape index (κ3) is 17.6. The highest BCUT2D eigenvalue weighted by Gasteiger charge is 2.27. The van der Waals surface area contributed by atoms with E-state index in [2.05, 4.69) is 76.1 Å². The number of carboxylic acids is 1. The minimum atomic E-state index is -0.714. The Morgan fingerprint density at radius 2 is 1.73 bits per heavy atom. The van der Waals surface area contributed by atoms with Crippen molar-refractivity contribution in [1.29, 1.82) is 0 Å². The summed E-state index contributed by atoms with van der Waals surface area (Å²) in [7, 11) is 4.86. The van der Waals surface area contributed by atoms with Gasteiger partial charge in [-0.15, -0.1) is 9.24 Å². The highest BCUT2D eigenvalue weighted by atomic mass is 31.0. The largest absolute Gasteiger partial charge is 0.480 e. The molecule has 0 amide bonds. The van der Waals surface area contributed by atoms with E-state index in [0.29, 0.717) is 5.92 Å². The molecule has 268 valence electrons. The van der Waals surface area contributed by atoms with Gasteiger partial charge >= 0.3 is 5.97 Å². The zero-order chi connectivity index (χ0) is 35.7. The molecular formula is C41H66N3O3P. The van der Waals surface area contributed by atoms with E-state index < -0.39 is 5.97 Å². The highest BCUT2D eigenvalue weighted by molar-refractivity contribution is 7.27. The second-order valence-corrected chi connectivity index (χ2v) is 13.3. The first-order valence-corrected chi connectivity index (χ1v) is 18.8. The molecule has 0 spiro atoms. The number of aryl methyl sites for hydroxylation is 1. The molecule has 3 aliphatic rings. The number of aldehydes is 1. The number of nitrogens with zero attached hydrogens (tertiary/aromatic N) is 2. The minimum Gasteiger partial charge on any atom is -0.480 e. The number of carboxylic acid groups (broad SMARTS) is 1. The number of likely N-dealkylation sites (tertiary alicyclic amines) is 2. The van der Waals surface area contributed by atoms with Crippen LogP contribution in [0.15, 0.2) is 72.0 Å². The molecule has 1 aliphatic carbocycles. The van der Waals surface area contributed by atoms with Crippen LogP contribution in [0.2, 0.25) is 0 Å². The average molecular weight is 680 g/mol. The number of nitrogens with one attached hydrogen (secondary N) is 1. The van der Waals surface area contributed by atoms with Crippen LogP contribution in [-0.2, 0) is 16.0 Å². The van der Waals surface area contributed by atoms with E-state index in [1.54, 1.807) is 18.6 Å². The van der Waals surface area contributed by atoms with E-state index in [0.717, 1.165) is 62.5 Å². The van der Waals surface area contributed by atoms with E-state index >= 15 is 0 Å². The highest BCUT2D eigenvalue weighted by Crippen LogP contribution is 2.33. The van der Waals surface area contributed by atoms with E-state index in [1.165, 1.54) is 74.5 Å². The fraction of sp³-hybridized carbons (Fsp3) is 0.561. The van der Waals surface area contributed by atoms with Gasteiger partial charge < -0.3 is 15.3 Å². The third-order valence-electron chi connectivity index (χ3n) is 9.15. The molecule has 0 bridgehead atoms. The lowest BCUT2D eigenvalue weighted by Gasteiger charge is -2.35. The van der Waals surface area contributed by atoms with E-state index in [9.17, 15) is 14.7 Å². The normalized spacial score (nSPS) is 17.9. The molecule has 4 rings (SSSR count). The predicted molar refractivity (Wildman–Crippen MR) is 211 cm³/mol. The van der Waals surface area contributed by atoms with Gasteiger partial charge in [-0.2, -0.15) is 0 Å². The first-order chi connectivity index (χ1) is 23.2. The zero-order valence-corrected chi connectivity index (χ0v) is 32.1. The van der Waals surface area contributed by atoms with Gasteiger partial charge in [0.05, 0.1) is 0 Å². The first kappa shape index (κ1) is 43.2. The van der Waals surface area contributed by atoms with Crippen molar-refractivity contribution in [2.75, 3.05) is 39.8 Å². The van der Waals surface area contributed by atoms with Crippen LogP contribution in [0.1, 0.15) is 104 Å². The topological polar surface area (TPSA) is 72.9 Å². The van der Waals surface area contributed by atoms with Gasteiger partial charge in [-0.3, -0.25) is 14.5 Å². The molecule has 1 aromatic rings. The molecule has 1 saturated carbocycles. The maximum Gasteiger partial charge on any atom is 0.320 e. The van der Waals surface area contributed by atoms with Gasteiger partial charge in [0, 0.05) is 12.2 Å². The molecule has 3 fully saturated rings.